The molecule has 1 rings (SSSR count). The zero-order valence-electron chi connectivity index (χ0n) is 10.8. The zero-order chi connectivity index (χ0) is 18.7. The number of rotatable bonds is 4. The second-order valence-corrected chi connectivity index (χ2v) is 4.49. The maximum Gasteiger partial charge on any atom is 0.435 e. The number of hydrogen-bond donors (Lipinski definition) is 0. The molecule has 0 saturated carbocycles. The highest BCUT2D eigenvalue weighted by Crippen LogP contribution is 2.62. The first-order chi connectivity index (χ1) is 9.88. The average Bonchev–Trinajstić information content (AvgIpc) is 2.23. The van der Waals surface area contributed by atoms with E-state index in [1.54, 1.807) is 0 Å². The summed E-state index contributed by atoms with van der Waals surface area (Å²) in [7, 11) is 0. The Kier molecular flexibility index (Phi) is 4.41. The molecule has 2 nitrogen and oxygen atoms in total. The van der Waals surface area contributed by atoms with Crippen molar-refractivity contribution in [2.45, 2.75) is 49.4 Å². The van der Waals surface area contributed by atoms with Crippen molar-refractivity contribution in [1.82, 2.24) is 4.90 Å². The Morgan fingerprint density at radius 2 is 1.17 bits per heavy atom. The summed E-state index contributed by atoms with van der Waals surface area (Å²) in [5, 5.41) is 0. The lowest BCUT2D eigenvalue weighted by Gasteiger charge is -2.50. The first kappa shape index (κ1) is 20.1. The molecule has 138 valence electrons. The Labute approximate surface area is 120 Å². The lowest BCUT2D eigenvalue weighted by atomic mass is 9.97. The van der Waals surface area contributed by atoms with Crippen molar-refractivity contribution in [3.05, 3.63) is 0 Å². The molecular weight excluding hydrogens is 366 g/mol. The van der Waals surface area contributed by atoms with Gasteiger partial charge in [0.1, 0.15) is 0 Å². The van der Waals surface area contributed by atoms with Gasteiger partial charge in [-0.2, -0.15) is 52.7 Å². The molecule has 1 heterocycles. The fourth-order valence-corrected chi connectivity index (χ4v) is 1.75. The third-order valence-electron chi connectivity index (χ3n) is 2.84. The SMILES string of the molecule is CCOC(F)(F)C(F)(F)N1C(F)(F)C(F)(F)CC(F)(F)C1(F)F. The van der Waals surface area contributed by atoms with Gasteiger partial charge in [-0.05, 0) is 6.92 Å². The summed E-state index contributed by atoms with van der Waals surface area (Å²) < 4.78 is 161. The van der Waals surface area contributed by atoms with Gasteiger partial charge in [0.05, 0.1) is 13.0 Å². The molecule has 0 radical (unpaired) electrons. The number of likely N-dealkylation sites (tertiary alicyclic amines) is 1. The van der Waals surface area contributed by atoms with Crippen LogP contribution in [0.2, 0.25) is 0 Å². The van der Waals surface area contributed by atoms with Crippen molar-refractivity contribution < 1.29 is 57.4 Å². The van der Waals surface area contributed by atoms with E-state index in [1.165, 1.54) is 0 Å². The summed E-state index contributed by atoms with van der Waals surface area (Å²) in [5.41, 5.74) is 0. The minimum atomic E-state index is -6.89. The first-order valence-electron chi connectivity index (χ1n) is 5.60. The Morgan fingerprint density at radius 3 is 1.48 bits per heavy atom. The van der Waals surface area contributed by atoms with Crippen LogP contribution in [-0.2, 0) is 4.74 Å². The Morgan fingerprint density at radius 1 is 0.826 bits per heavy atom. The minimum absolute atomic E-state index is 0.611. The standard InChI is InChI=1S/C9H7F12NO/c1-2-23-9(20,21)8(18,19)22-6(14,15)4(10,11)3-5(12,13)7(22,16)17/h2-3H2,1H3. The first-order valence-corrected chi connectivity index (χ1v) is 5.60. The number of piperidine rings is 1. The summed E-state index contributed by atoms with van der Waals surface area (Å²) in [5.74, 6) is -12.3. The molecule has 1 fully saturated rings. The average molecular weight is 373 g/mol. The van der Waals surface area contributed by atoms with E-state index in [9.17, 15) is 52.7 Å². The van der Waals surface area contributed by atoms with Gasteiger partial charge in [-0.1, -0.05) is 0 Å². The number of hydrogen-bond acceptors (Lipinski definition) is 2. The highest BCUT2D eigenvalue weighted by Gasteiger charge is 2.88. The van der Waals surface area contributed by atoms with Crippen molar-refractivity contribution >= 4 is 0 Å². The lowest BCUT2D eigenvalue weighted by Crippen LogP contribution is -2.79. The van der Waals surface area contributed by atoms with E-state index in [0.717, 1.165) is 0 Å². The number of alkyl halides is 12. The van der Waals surface area contributed by atoms with E-state index in [0.29, 0.717) is 6.92 Å². The molecule has 0 bridgehead atoms. The molecule has 1 aliphatic rings. The third-order valence-corrected chi connectivity index (χ3v) is 2.84. The Balaban J connectivity index is 3.60. The van der Waals surface area contributed by atoms with E-state index in [2.05, 4.69) is 4.74 Å². The van der Waals surface area contributed by atoms with Crippen molar-refractivity contribution in [3.8, 4) is 0 Å². The molecule has 1 saturated heterocycles. The highest BCUT2D eigenvalue weighted by molar-refractivity contribution is 5.07. The van der Waals surface area contributed by atoms with E-state index in [1.807, 2.05) is 0 Å². The number of halogens is 12. The van der Waals surface area contributed by atoms with Crippen molar-refractivity contribution in [1.29, 1.82) is 0 Å². The number of nitrogens with zero attached hydrogens (tertiary/aromatic N) is 1. The van der Waals surface area contributed by atoms with Crippen molar-refractivity contribution in [2.75, 3.05) is 6.61 Å². The van der Waals surface area contributed by atoms with Gasteiger partial charge in [-0.25, -0.2) is 0 Å². The molecule has 0 N–H and O–H groups in total. The Bertz CT molecular complexity index is 435. The second kappa shape index (κ2) is 5.04. The van der Waals surface area contributed by atoms with Crippen molar-refractivity contribution in [2.24, 2.45) is 0 Å². The number of ether oxygens (including phenoxy) is 1. The van der Waals surface area contributed by atoms with Gasteiger partial charge in [0.25, 0.3) is 0 Å². The summed E-state index contributed by atoms with van der Waals surface area (Å²) in [4.78, 5) is -3.48. The smallest absolute Gasteiger partial charge is 0.315 e. The van der Waals surface area contributed by atoms with Crippen LogP contribution in [0.25, 0.3) is 0 Å². The minimum Gasteiger partial charge on any atom is -0.315 e. The van der Waals surface area contributed by atoms with Crippen LogP contribution in [0.15, 0.2) is 0 Å². The summed E-state index contributed by atoms with van der Waals surface area (Å²) in [6, 6.07) is -20.3. The van der Waals surface area contributed by atoms with Gasteiger partial charge in [0.2, 0.25) is 0 Å². The maximum absolute atomic E-state index is 13.4. The summed E-state index contributed by atoms with van der Waals surface area (Å²) >= 11 is 0. The van der Waals surface area contributed by atoms with Crippen LogP contribution < -0.4 is 0 Å². The predicted molar refractivity (Wildman–Crippen MR) is 47.8 cm³/mol. The highest BCUT2D eigenvalue weighted by atomic mass is 19.4. The fraction of sp³-hybridized carbons (Fsp3) is 1.00. The van der Waals surface area contributed by atoms with Crippen LogP contribution in [0.5, 0.6) is 0 Å². The van der Waals surface area contributed by atoms with Gasteiger partial charge >= 0.3 is 36.1 Å². The zero-order valence-corrected chi connectivity index (χ0v) is 10.8. The molecule has 0 aromatic rings. The van der Waals surface area contributed by atoms with Crippen LogP contribution in [0.4, 0.5) is 52.7 Å². The molecule has 23 heavy (non-hydrogen) atoms. The monoisotopic (exact) mass is 373 g/mol. The van der Waals surface area contributed by atoms with Crippen LogP contribution in [0.3, 0.4) is 0 Å². The van der Waals surface area contributed by atoms with E-state index in [-0.39, 0.29) is 0 Å². The van der Waals surface area contributed by atoms with Gasteiger partial charge in [-0.3, -0.25) is 0 Å². The van der Waals surface area contributed by atoms with Crippen LogP contribution in [0.1, 0.15) is 13.3 Å². The van der Waals surface area contributed by atoms with Gasteiger partial charge in [0, 0.05) is 0 Å². The summed E-state index contributed by atoms with van der Waals surface area (Å²) in [6.45, 7) is -0.736. The van der Waals surface area contributed by atoms with Crippen LogP contribution in [-0.4, -0.2) is 47.6 Å². The topological polar surface area (TPSA) is 12.5 Å². The third kappa shape index (κ3) is 2.62. The van der Waals surface area contributed by atoms with Gasteiger partial charge in [-0.15, -0.1) is 4.90 Å². The van der Waals surface area contributed by atoms with E-state index >= 15 is 0 Å². The van der Waals surface area contributed by atoms with Crippen molar-refractivity contribution in [3.63, 3.8) is 0 Å². The largest absolute Gasteiger partial charge is 0.435 e. The molecule has 14 heteroatoms. The lowest BCUT2D eigenvalue weighted by molar-refractivity contribution is -0.521. The second-order valence-electron chi connectivity index (χ2n) is 4.49. The molecule has 0 spiro atoms. The maximum atomic E-state index is 13.4. The molecule has 0 atom stereocenters. The van der Waals surface area contributed by atoms with Crippen LogP contribution in [0, 0.1) is 0 Å². The molecule has 0 aromatic heterocycles. The predicted octanol–water partition coefficient (Wildman–Crippen LogP) is 4.37. The molecule has 1 aliphatic heterocycles. The van der Waals surface area contributed by atoms with E-state index in [4.69, 9.17) is 0 Å². The Hall–Kier alpha value is -0.920. The fourth-order valence-electron chi connectivity index (χ4n) is 1.75. The molecule has 0 unspecified atom stereocenters. The summed E-state index contributed by atoms with van der Waals surface area (Å²) in [6.07, 6.45) is -9.70. The normalized spacial score (nSPS) is 27.0. The molecule has 0 amide bonds. The molecule has 0 aliphatic carbocycles. The van der Waals surface area contributed by atoms with Gasteiger partial charge in [0.15, 0.2) is 0 Å². The molecule has 0 aromatic carbocycles. The quantitative estimate of drug-likeness (QED) is 0.536. The van der Waals surface area contributed by atoms with E-state index < -0.39 is 54.0 Å². The molecular formula is C9H7F12NO. The van der Waals surface area contributed by atoms with Crippen LogP contribution >= 0.6 is 0 Å². The van der Waals surface area contributed by atoms with Gasteiger partial charge < -0.3 is 4.74 Å².